The van der Waals surface area contributed by atoms with Gasteiger partial charge in [-0.1, -0.05) is 127 Å². The molecule has 10 aromatic rings. The lowest BCUT2D eigenvalue weighted by atomic mass is 9.98. The Kier molecular flexibility index (Phi) is 6.42. The number of hydrogen-bond acceptors (Lipinski definition) is 4. The van der Waals surface area contributed by atoms with Crippen molar-refractivity contribution in [3.8, 4) is 51.0 Å². The maximum absolute atomic E-state index is 6.90. The highest BCUT2D eigenvalue weighted by molar-refractivity contribution is 6.26. The predicted octanol–water partition coefficient (Wildman–Crippen LogP) is 11.5. The van der Waals surface area contributed by atoms with E-state index >= 15 is 0 Å². The molecular formula is C45H28N4O. The molecule has 0 radical (unpaired) electrons. The first-order valence-corrected chi connectivity index (χ1v) is 16.7. The van der Waals surface area contributed by atoms with Crippen molar-refractivity contribution in [1.29, 1.82) is 0 Å². The Bertz CT molecular complexity index is 2780. The zero-order chi connectivity index (χ0) is 33.0. The second-order valence-electron chi connectivity index (χ2n) is 12.4. The van der Waals surface area contributed by atoms with E-state index in [0.717, 1.165) is 66.5 Å². The number of aromatic nitrogens is 4. The number of furan rings is 1. The van der Waals surface area contributed by atoms with Crippen molar-refractivity contribution >= 4 is 43.7 Å². The second kappa shape index (κ2) is 11.4. The van der Waals surface area contributed by atoms with Crippen LogP contribution in [0, 0.1) is 0 Å². The number of para-hydroxylation sites is 2. The molecule has 10 rings (SSSR count). The van der Waals surface area contributed by atoms with E-state index in [-0.39, 0.29) is 0 Å². The first-order chi connectivity index (χ1) is 24.8. The first-order valence-electron chi connectivity index (χ1n) is 16.7. The van der Waals surface area contributed by atoms with Crippen molar-refractivity contribution in [2.24, 2.45) is 0 Å². The van der Waals surface area contributed by atoms with Crippen LogP contribution in [0.5, 0.6) is 0 Å². The van der Waals surface area contributed by atoms with Crippen LogP contribution in [0.3, 0.4) is 0 Å². The van der Waals surface area contributed by atoms with E-state index in [1.807, 2.05) is 66.7 Å². The molecular weight excluding hydrogens is 613 g/mol. The molecule has 3 heterocycles. The van der Waals surface area contributed by atoms with E-state index in [1.54, 1.807) is 0 Å². The molecule has 0 aliphatic heterocycles. The molecule has 0 saturated carbocycles. The van der Waals surface area contributed by atoms with Crippen molar-refractivity contribution in [2.75, 3.05) is 0 Å². The maximum atomic E-state index is 6.90. The third kappa shape index (κ3) is 4.52. The Hall–Kier alpha value is -6.85. The molecule has 0 saturated heterocycles. The van der Waals surface area contributed by atoms with Gasteiger partial charge < -0.3 is 8.98 Å². The quantitative estimate of drug-likeness (QED) is 0.188. The van der Waals surface area contributed by atoms with Crippen LogP contribution in [-0.2, 0) is 0 Å². The van der Waals surface area contributed by atoms with E-state index in [4.69, 9.17) is 19.4 Å². The Balaban J connectivity index is 1.35. The van der Waals surface area contributed by atoms with Crippen molar-refractivity contribution < 1.29 is 4.42 Å². The van der Waals surface area contributed by atoms with Crippen LogP contribution < -0.4 is 0 Å². The molecule has 234 valence electrons. The summed E-state index contributed by atoms with van der Waals surface area (Å²) >= 11 is 0. The molecule has 50 heavy (non-hydrogen) atoms. The smallest absolute Gasteiger partial charge is 0.167 e. The molecule has 0 N–H and O–H groups in total. The molecule has 5 nitrogen and oxygen atoms in total. The predicted molar refractivity (Wildman–Crippen MR) is 203 cm³/mol. The van der Waals surface area contributed by atoms with E-state index in [2.05, 4.69) is 108 Å². The average molecular weight is 641 g/mol. The van der Waals surface area contributed by atoms with E-state index < -0.39 is 0 Å². The summed E-state index contributed by atoms with van der Waals surface area (Å²) in [6, 6.07) is 58.5. The minimum absolute atomic E-state index is 0.555. The number of nitrogens with zero attached hydrogens (tertiary/aromatic N) is 4. The number of hydrogen-bond donors (Lipinski definition) is 0. The highest BCUT2D eigenvalue weighted by Crippen LogP contribution is 2.44. The molecule has 0 bridgehead atoms. The molecule has 0 atom stereocenters. The van der Waals surface area contributed by atoms with Gasteiger partial charge in [0.25, 0.3) is 0 Å². The standard InChI is InChI=1S/C45H28N4O/c1-5-15-29(16-6-1)32-27-36-40-39(26-25-35-34-23-13-14-24-38(34)49(41(35)40)33-21-11-4-12-22-33)50-42(36)37(28-32)45-47-43(30-17-7-2-8-18-30)46-44(48-45)31-19-9-3-10-20-31/h1-28H. The van der Waals surface area contributed by atoms with Gasteiger partial charge in [-0.2, -0.15) is 0 Å². The fraction of sp³-hybridized carbons (Fsp3) is 0. The number of rotatable bonds is 5. The van der Waals surface area contributed by atoms with Crippen molar-refractivity contribution in [3.63, 3.8) is 0 Å². The van der Waals surface area contributed by atoms with Gasteiger partial charge in [0, 0.05) is 33.0 Å². The lowest BCUT2D eigenvalue weighted by Gasteiger charge is -2.11. The summed E-state index contributed by atoms with van der Waals surface area (Å²) in [5, 5.41) is 4.42. The monoisotopic (exact) mass is 640 g/mol. The van der Waals surface area contributed by atoms with Crippen LogP contribution in [-0.4, -0.2) is 19.5 Å². The maximum Gasteiger partial charge on any atom is 0.167 e. The molecule has 7 aromatic carbocycles. The molecule has 0 aliphatic carbocycles. The summed E-state index contributed by atoms with van der Waals surface area (Å²) in [4.78, 5) is 15.2. The molecule has 0 aliphatic rings. The van der Waals surface area contributed by atoms with Gasteiger partial charge in [0.1, 0.15) is 11.2 Å². The Labute approximate surface area is 287 Å². The average Bonchev–Trinajstić information content (AvgIpc) is 3.74. The fourth-order valence-electron chi connectivity index (χ4n) is 7.16. The Morgan fingerprint density at radius 1 is 0.420 bits per heavy atom. The van der Waals surface area contributed by atoms with Gasteiger partial charge in [-0.25, -0.2) is 15.0 Å². The van der Waals surface area contributed by atoms with Crippen LogP contribution >= 0.6 is 0 Å². The van der Waals surface area contributed by atoms with E-state index in [1.165, 1.54) is 10.8 Å². The third-order valence-electron chi connectivity index (χ3n) is 9.43. The second-order valence-corrected chi connectivity index (χ2v) is 12.4. The fourth-order valence-corrected chi connectivity index (χ4v) is 7.16. The minimum atomic E-state index is 0.555. The van der Waals surface area contributed by atoms with Gasteiger partial charge in [0.2, 0.25) is 0 Å². The summed E-state index contributed by atoms with van der Waals surface area (Å²) in [5.74, 6) is 1.77. The van der Waals surface area contributed by atoms with Gasteiger partial charge in [0.15, 0.2) is 17.5 Å². The largest absolute Gasteiger partial charge is 0.455 e. The molecule has 0 fully saturated rings. The molecule has 0 unspecified atom stereocenters. The van der Waals surface area contributed by atoms with Crippen LogP contribution in [0.1, 0.15) is 0 Å². The van der Waals surface area contributed by atoms with Gasteiger partial charge in [-0.15, -0.1) is 0 Å². The zero-order valence-corrected chi connectivity index (χ0v) is 26.9. The van der Waals surface area contributed by atoms with Crippen LogP contribution in [0.2, 0.25) is 0 Å². The highest BCUT2D eigenvalue weighted by Gasteiger charge is 2.23. The normalized spacial score (nSPS) is 11.6. The zero-order valence-electron chi connectivity index (χ0n) is 26.9. The topological polar surface area (TPSA) is 56.7 Å². The SMILES string of the molecule is c1ccc(-c2cc(-c3nc(-c4ccccc4)nc(-c4ccccc4)n3)c3oc4ccc5c6ccccc6n(-c6ccccc6)c5c4c3c2)cc1. The highest BCUT2D eigenvalue weighted by atomic mass is 16.3. The Morgan fingerprint density at radius 3 is 1.64 bits per heavy atom. The summed E-state index contributed by atoms with van der Waals surface area (Å²) in [7, 11) is 0. The van der Waals surface area contributed by atoms with Crippen molar-refractivity contribution in [1.82, 2.24) is 19.5 Å². The molecule has 5 heteroatoms. The molecule has 0 amide bonds. The number of benzene rings is 7. The first kappa shape index (κ1) is 28.2. The van der Waals surface area contributed by atoms with E-state index in [0.29, 0.717) is 17.5 Å². The van der Waals surface area contributed by atoms with Gasteiger partial charge in [-0.3, -0.25) is 0 Å². The van der Waals surface area contributed by atoms with Crippen molar-refractivity contribution in [3.05, 3.63) is 170 Å². The van der Waals surface area contributed by atoms with Crippen LogP contribution in [0.15, 0.2) is 174 Å². The van der Waals surface area contributed by atoms with Crippen LogP contribution in [0.4, 0.5) is 0 Å². The summed E-state index contributed by atoms with van der Waals surface area (Å²) in [6.45, 7) is 0. The summed E-state index contributed by atoms with van der Waals surface area (Å²) < 4.78 is 9.26. The third-order valence-corrected chi connectivity index (χ3v) is 9.43. The van der Waals surface area contributed by atoms with Crippen LogP contribution in [0.25, 0.3) is 94.7 Å². The summed E-state index contributed by atoms with van der Waals surface area (Å²) in [6.07, 6.45) is 0. The summed E-state index contributed by atoms with van der Waals surface area (Å²) in [5.41, 5.74) is 9.69. The number of fused-ring (bicyclic) bond motifs is 7. The lowest BCUT2D eigenvalue weighted by Crippen LogP contribution is -2.00. The van der Waals surface area contributed by atoms with E-state index in [9.17, 15) is 0 Å². The molecule has 3 aromatic heterocycles. The van der Waals surface area contributed by atoms with Gasteiger partial charge in [0.05, 0.1) is 22.0 Å². The Morgan fingerprint density at radius 2 is 0.980 bits per heavy atom. The molecule has 0 spiro atoms. The van der Waals surface area contributed by atoms with Gasteiger partial charge in [-0.05, 0) is 53.6 Å². The van der Waals surface area contributed by atoms with Gasteiger partial charge >= 0.3 is 0 Å². The van der Waals surface area contributed by atoms with Crippen molar-refractivity contribution in [2.45, 2.75) is 0 Å². The lowest BCUT2D eigenvalue weighted by molar-refractivity contribution is 0.670. The minimum Gasteiger partial charge on any atom is -0.455 e.